The van der Waals surface area contributed by atoms with Crippen LogP contribution in [0.3, 0.4) is 0 Å². The fourth-order valence-electron chi connectivity index (χ4n) is 7.69. The van der Waals surface area contributed by atoms with Gasteiger partial charge in [-0.2, -0.15) is 0 Å². The molecule has 0 saturated carbocycles. The second-order valence-corrected chi connectivity index (χ2v) is 22.0. The number of aliphatic hydroxyl groups is 3. The number of carbonyl (C=O) groups is 10. The molecule has 10 amide bonds. The lowest BCUT2D eigenvalue weighted by atomic mass is 9.94. The summed E-state index contributed by atoms with van der Waals surface area (Å²) in [7, 11) is 0. The highest BCUT2D eigenvalue weighted by molar-refractivity contribution is 8.05. The van der Waals surface area contributed by atoms with Crippen molar-refractivity contribution in [2.45, 2.75) is 141 Å². The van der Waals surface area contributed by atoms with E-state index in [1.54, 1.807) is 34.6 Å². The van der Waals surface area contributed by atoms with Gasteiger partial charge in [-0.15, -0.1) is 0 Å². The topological polar surface area (TPSA) is 392 Å². The summed E-state index contributed by atoms with van der Waals surface area (Å²) in [6, 6.07) is -7.88. The fourth-order valence-corrected chi connectivity index (χ4v) is 10.5. The first-order valence-electron chi connectivity index (χ1n) is 23.8. The number of likely N-dealkylation sites (tertiary alicyclic amines) is 1. The molecule has 0 aliphatic carbocycles. The highest BCUT2D eigenvalue weighted by Gasteiger charge is 2.45. The Bertz CT molecular complexity index is 2110. The van der Waals surface area contributed by atoms with Gasteiger partial charge in [-0.3, -0.25) is 43.2 Å². The summed E-state index contributed by atoms with van der Waals surface area (Å²) in [5, 5.41) is 50.9. The molecule has 26 nitrogen and oxygen atoms in total. The number of allylic oxidation sites excluding steroid dienone is 1. The first-order valence-corrected chi connectivity index (χ1v) is 26.0. The maximum atomic E-state index is 15.0. The number of rotatable bonds is 19. The lowest BCUT2D eigenvalue weighted by Gasteiger charge is -2.33. The number of carbonyl (C=O) groups excluding carboxylic acids is 10. The molecule has 13 N–H and O–H groups in total. The van der Waals surface area contributed by atoms with Crippen molar-refractivity contribution in [2.75, 3.05) is 45.1 Å². The number of thioether (sulfide) groups is 1. The number of hydrogen-bond donors (Lipinski definition) is 12. The van der Waals surface area contributed by atoms with Gasteiger partial charge in [0.2, 0.25) is 53.2 Å². The summed E-state index contributed by atoms with van der Waals surface area (Å²) in [5.41, 5.74) is 4.77. The number of ether oxygens (including phenoxy) is 1. The Morgan fingerprint density at radius 1 is 1.00 bits per heavy atom. The average molecular weight is 1070 g/mol. The molecule has 3 heterocycles. The Hall–Kier alpha value is -5.68. The molecule has 1 unspecified atom stereocenters. The van der Waals surface area contributed by atoms with Crippen molar-refractivity contribution >= 4 is 82.2 Å². The van der Waals surface area contributed by atoms with Gasteiger partial charge < -0.3 is 82.7 Å². The predicted molar refractivity (Wildman–Crippen MR) is 266 cm³/mol. The van der Waals surface area contributed by atoms with Gasteiger partial charge in [0, 0.05) is 67.4 Å². The Morgan fingerprint density at radius 2 is 1.66 bits per heavy atom. The Labute approximate surface area is 431 Å². The third-order valence-corrected chi connectivity index (χ3v) is 14.6. The third-order valence-electron chi connectivity index (χ3n) is 11.8. The third kappa shape index (κ3) is 19.3. The van der Waals surface area contributed by atoms with Gasteiger partial charge in [0.05, 0.1) is 31.9 Å². The maximum absolute atomic E-state index is 15.0. The molecule has 3 aliphatic rings. The molecule has 3 rings (SSSR count). The van der Waals surface area contributed by atoms with Gasteiger partial charge in [0.15, 0.2) is 6.04 Å². The van der Waals surface area contributed by atoms with Gasteiger partial charge in [-0.1, -0.05) is 45.5 Å². The van der Waals surface area contributed by atoms with Crippen LogP contribution < -0.4 is 48.3 Å². The maximum Gasteiger partial charge on any atom is 0.410 e. The minimum atomic E-state index is -2.49. The van der Waals surface area contributed by atoms with Crippen molar-refractivity contribution in [3.63, 3.8) is 0 Å². The first kappa shape index (κ1) is 61.6. The molecule has 3 aliphatic heterocycles. The van der Waals surface area contributed by atoms with Crippen LogP contribution in [0.25, 0.3) is 0 Å². The number of nitrogens with two attached hydrogens (primary N) is 1. The largest absolute Gasteiger partial charge is 0.610 e. The SMILES string of the molecule is C=C(C)N/C1=C(\S[C@@H]2CCN(C(=O)OC(C)(C)C)C2)NC(=O)[C@H]([C@@H](C)[C@@H](O)CO)NC(=O)[C@@H]2C[C@@H](O)CN2C(=O)[C@H](CCC(N)=O)NC(=O)[C@@H](NC(=O)CNC(=O)[C@@H](NC(=O)CNC(C)=O)[C@@H](C)CC)C[S+]1[O-]. The van der Waals surface area contributed by atoms with E-state index >= 15 is 0 Å². The lowest BCUT2D eigenvalue weighted by Crippen LogP contribution is -2.61. The summed E-state index contributed by atoms with van der Waals surface area (Å²) in [6.07, 6.45) is -4.11. The Morgan fingerprint density at radius 3 is 2.25 bits per heavy atom. The number of aliphatic hydroxyl groups excluding tert-OH is 3. The molecular weight excluding hydrogens is 999 g/mol. The molecule has 410 valence electrons. The smallest absolute Gasteiger partial charge is 0.410 e. The summed E-state index contributed by atoms with van der Waals surface area (Å²) in [6.45, 7) is 14.1. The number of nitrogens with one attached hydrogen (secondary N) is 8. The molecule has 0 aromatic rings. The number of amides is 10. The van der Waals surface area contributed by atoms with Gasteiger partial charge >= 0.3 is 6.09 Å². The van der Waals surface area contributed by atoms with Crippen molar-refractivity contribution in [3.8, 4) is 0 Å². The zero-order valence-electron chi connectivity index (χ0n) is 42.5. The van der Waals surface area contributed by atoms with Gasteiger partial charge in [0.1, 0.15) is 40.6 Å². The number of hydrogen-bond acceptors (Lipinski definition) is 17. The van der Waals surface area contributed by atoms with Crippen molar-refractivity contribution in [1.29, 1.82) is 0 Å². The number of fused-ring (bicyclic) bond motifs is 1. The molecule has 0 radical (unpaired) electrons. The van der Waals surface area contributed by atoms with Crippen LogP contribution in [0.2, 0.25) is 0 Å². The summed E-state index contributed by atoms with van der Waals surface area (Å²) < 4.78 is 20.5. The van der Waals surface area contributed by atoms with E-state index in [1.165, 1.54) is 25.7 Å². The van der Waals surface area contributed by atoms with Crippen molar-refractivity contribution < 1.29 is 72.6 Å². The summed E-state index contributed by atoms with van der Waals surface area (Å²) >= 11 is -1.54. The normalized spacial score (nSPS) is 25.9. The van der Waals surface area contributed by atoms with E-state index in [0.717, 1.165) is 16.7 Å². The van der Waals surface area contributed by atoms with Crippen LogP contribution in [0, 0.1) is 11.8 Å². The number of nitrogens with zero attached hydrogens (tertiary/aromatic N) is 2. The summed E-state index contributed by atoms with van der Waals surface area (Å²) in [5.74, 6) is -10.6. The quantitative estimate of drug-likeness (QED) is 0.0554. The zero-order valence-corrected chi connectivity index (χ0v) is 44.1. The average Bonchev–Trinajstić information content (AvgIpc) is 3.95. The van der Waals surface area contributed by atoms with Crippen LogP contribution in [-0.4, -0.2) is 187 Å². The summed E-state index contributed by atoms with van der Waals surface area (Å²) in [4.78, 5) is 137. The molecule has 0 bridgehead atoms. The van der Waals surface area contributed by atoms with Crippen LogP contribution in [0.15, 0.2) is 22.3 Å². The minimum absolute atomic E-state index is 0.0655. The highest BCUT2D eigenvalue weighted by Crippen LogP contribution is 2.33. The first-order chi connectivity index (χ1) is 34.0. The second kappa shape index (κ2) is 28.1. The van der Waals surface area contributed by atoms with E-state index in [0.29, 0.717) is 12.8 Å². The van der Waals surface area contributed by atoms with E-state index in [1.807, 2.05) is 0 Å². The molecule has 11 atom stereocenters. The van der Waals surface area contributed by atoms with Crippen LogP contribution >= 0.6 is 11.8 Å². The van der Waals surface area contributed by atoms with E-state index in [2.05, 4.69) is 49.1 Å². The van der Waals surface area contributed by atoms with Crippen LogP contribution in [0.1, 0.15) is 87.5 Å². The number of primary amides is 1. The molecule has 73 heavy (non-hydrogen) atoms. The lowest BCUT2D eigenvalue weighted by molar-refractivity contribution is -0.143. The molecule has 0 aromatic heterocycles. The van der Waals surface area contributed by atoms with Gasteiger partial charge in [-0.25, -0.2) is 4.79 Å². The molecule has 0 aromatic carbocycles. The monoisotopic (exact) mass is 1070 g/mol. The Kier molecular flexibility index (Phi) is 23.7. The van der Waals surface area contributed by atoms with Crippen LogP contribution in [0.4, 0.5) is 4.79 Å². The molecule has 28 heteroatoms. The van der Waals surface area contributed by atoms with E-state index in [-0.39, 0.29) is 35.3 Å². The molecule has 0 spiro atoms. The van der Waals surface area contributed by atoms with E-state index in [4.69, 9.17) is 10.5 Å². The van der Waals surface area contributed by atoms with Gasteiger partial charge in [0.25, 0.3) is 5.03 Å². The van der Waals surface area contributed by atoms with Crippen LogP contribution in [-0.2, 0) is 59.1 Å². The van der Waals surface area contributed by atoms with Gasteiger partial charge in [-0.05, 0) is 46.5 Å². The molecular formula is C45H73N11O15S2. The van der Waals surface area contributed by atoms with Crippen molar-refractivity contribution in [3.05, 3.63) is 22.3 Å². The van der Waals surface area contributed by atoms with E-state index < -0.39 is 180 Å². The van der Waals surface area contributed by atoms with Crippen molar-refractivity contribution in [2.24, 2.45) is 17.6 Å². The Balaban J connectivity index is 2.22. The highest BCUT2D eigenvalue weighted by atomic mass is 32.2. The molecule has 2 fully saturated rings. The van der Waals surface area contributed by atoms with Crippen molar-refractivity contribution in [1.82, 2.24) is 52.3 Å². The molecule has 2 saturated heterocycles. The standard InChI is InChI=1S/C45H73N11O15S2/c1-10-23(4)35(52-34(63)16-47-25(6)58)39(66)48-17-33(62)50-29-21-73(70)42(49-22(2)3)41(72-27-13-14-55(19-27)44(69)71-45(7,8)9)54-40(67)36(24(5)31(60)20-57)53-38(65)30-15-26(59)18-56(30)43(68)28(51-37(29)64)11-12-32(46)61/h23-24,26-31,35-36,49,57,59-60H,2,10-21H2,1,3-9H3,(H2,46,61)(H,47,58)(H,48,66)(H,50,62)(H,51,64)(H,52,63)(H,53,65)(H,54,67)/b42-41+/t23-,24-,26+,27+,28-,29-,30-,31-,35-,36-,73?/m0/s1. The van der Waals surface area contributed by atoms with Crippen LogP contribution in [0.5, 0.6) is 0 Å². The second-order valence-electron chi connectivity index (χ2n) is 19.3. The minimum Gasteiger partial charge on any atom is -0.610 e. The van der Waals surface area contributed by atoms with E-state index in [9.17, 15) is 67.8 Å². The predicted octanol–water partition coefficient (Wildman–Crippen LogP) is -3.69. The fraction of sp³-hybridized carbons (Fsp3) is 0.689. The zero-order chi connectivity index (χ0) is 55.1.